The van der Waals surface area contributed by atoms with Gasteiger partial charge in [0.05, 0.1) is 58.5 Å². The van der Waals surface area contributed by atoms with Crippen LogP contribution in [0.1, 0.15) is 233 Å². The van der Waals surface area contributed by atoms with E-state index in [1.807, 2.05) is 12.1 Å². The van der Waals surface area contributed by atoms with Gasteiger partial charge in [-0.2, -0.15) is 0 Å². The van der Waals surface area contributed by atoms with Gasteiger partial charge in [-0.25, -0.2) is 4.79 Å². The summed E-state index contributed by atoms with van der Waals surface area (Å²) in [6.45, 7) is 8.37. The molecule has 1 saturated heterocycles. The lowest BCUT2D eigenvalue weighted by molar-refractivity contribution is -0.157. The molecule has 1 aromatic heterocycles. The average Bonchev–Trinajstić information content (AvgIpc) is 3.83. The number of amides is 1. The molecule has 440 valence electrons. The fourth-order valence-electron chi connectivity index (χ4n) is 8.97. The van der Waals surface area contributed by atoms with Gasteiger partial charge in [-0.05, 0) is 44.2 Å². The van der Waals surface area contributed by atoms with Gasteiger partial charge in [0.25, 0.3) is 0 Å². The van der Waals surface area contributed by atoms with Gasteiger partial charge in [-0.3, -0.25) is 38.7 Å². The van der Waals surface area contributed by atoms with Crippen molar-refractivity contribution in [1.82, 2.24) is 9.88 Å². The second-order valence-electron chi connectivity index (χ2n) is 20.9. The van der Waals surface area contributed by atoms with E-state index < -0.39 is 42.0 Å². The van der Waals surface area contributed by atoms with Gasteiger partial charge in [0.1, 0.15) is 12.7 Å². The molecule has 1 aromatic rings. The summed E-state index contributed by atoms with van der Waals surface area (Å²) in [7, 11) is 0. The summed E-state index contributed by atoms with van der Waals surface area (Å²) in [6, 6.07) is 2.93. The molecular weight excluding hydrogens is 987 g/mol. The van der Waals surface area contributed by atoms with Gasteiger partial charge >= 0.3 is 41.9 Å². The first-order valence-corrected chi connectivity index (χ1v) is 30.0. The van der Waals surface area contributed by atoms with Gasteiger partial charge < -0.3 is 38.5 Å². The quantitative estimate of drug-likeness (QED) is 0.0365. The van der Waals surface area contributed by atoms with Gasteiger partial charge in [0.15, 0.2) is 0 Å². The SMILES string of the molecule is CCCCCCCCC(=O)OCC(COC(=O)CCCCCCCC)CC(=O)OC[C@@H]1C[C@H](OC(=O)CC(COC(=O)CCCCCCCC)COC(=O)CCCCCCCC)CN1C(=O)OCCCNc1ccncc1. The van der Waals surface area contributed by atoms with Crippen LogP contribution in [-0.2, 0) is 61.9 Å². The molecule has 1 aliphatic rings. The number of unbranched alkanes of at least 4 members (excludes halogenated alkanes) is 20. The lowest BCUT2D eigenvalue weighted by Crippen LogP contribution is -2.40. The molecule has 0 bridgehead atoms. The summed E-state index contributed by atoms with van der Waals surface area (Å²) >= 11 is 0. The van der Waals surface area contributed by atoms with E-state index in [1.165, 1.54) is 4.90 Å². The zero-order valence-electron chi connectivity index (χ0n) is 48.0. The fraction of sp³-hybridized carbons (Fsp3) is 0.800. The number of carbonyl (C=O) groups excluding carboxylic acids is 7. The van der Waals surface area contributed by atoms with Crippen LogP contribution in [0.25, 0.3) is 0 Å². The lowest BCUT2D eigenvalue weighted by Gasteiger charge is -2.24. The third-order valence-corrected chi connectivity index (χ3v) is 13.7. The zero-order chi connectivity index (χ0) is 56.0. The number of pyridine rings is 1. The van der Waals surface area contributed by atoms with Crippen LogP contribution >= 0.6 is 0 Å². The Labute approximate surface area is 462 Å². The van der Waals surface area contributed by atoms with Gasteiger partial charge in [-0.1, -0.05) is 156 Å². The highest BCUT2D eigenvalue weighted by molar-refractivity contribution is 5.73. The summed E-state index contributed by atoms with van der Waals surface area (Å²) in [5.41, 5.74) is 0.872. The van der Waals surface area contributed by atoms with E-state index in [2.05, 4.69) is 38.0 Å². The smallest absolute Gasteiger partial charge is 0.410 e. The number of anilines is 1. The second kappa shape index (κ2) is 46.0. The molecule has 0 saturated carbocycles. The highest BCUT2D eigenvalue weighted by atomic mass is 16.6. The van der Waals surface area contributed by atoms with Crippen molar-refractivity contribution in [3.63, 3.8) is 0 Å². The van der Waals surface area contributed by atoms with Crippen LogP contribution in [0.3, 0.4) is 0 Å². The van der Waals surface area contributed by atoms with E-state index in [0.29, 0.717) is 38.6 Å². The summed E-state index contributed by atoms with van der Waals surface area (Å²) in [5, 5.41) is 3.25. The topological polar surface area (TPSA) is 212 Å². The predicted molar refractivity (Wildman–Crippen MR) is 297 cm³/mol. The molecule has 2 atom stereocenters. The molecule has 17 heteroatoms. The molecule has 77 heavy (non-hydrogen) atoms. The Bertz CT molecular complexity index is 1670. The molecule has 1 aliphatic heterocycles. The molecule has 0 aliphatic carbocycles. The lowest BCUT2D eigenvalue weighted by atomic mass is 10.1. The number of likely N-dealkylation sites (tertiary alicyclic amines) is 1. The molecule has 0 aromatic carbocycles. The molecule has 2 heterocycles. The zero-order valence-corrected chi connectivity index (χ0v) is 48.0. The average molecular weight is 1090 g/mol. The molecule has 1 fully saturated rings. The Kier molecular flexibility index (Phi) is 40.7. The van der Waals surface area contributed by atoms with E-state index in [9.17, 15) is 33.6 Å². The van der Waals surface area contributed by atoms with E-state index in [1.54, 1.807) is 12.4 Å². The maximum atomic E-state index is 13.7. The van der Waals surface area contributed by atoms with Gasteiger partial charge in [0, 0.05) is 68.6 Å². The van der Waals surface area contributed by atoms with Crippen molar-refractivity contribution in [3.05, 3.63) is 24.5 Å². The molecule has 0 spiro atoms. The van der Waals surface area contributed by atoms with Crippen molar-refractivity contribution >= 4 is 47.6 Å². The molecule has 2 rings (SSSR count). The van der Waals surface area contributed by atoms with Crippen molar-refractivity contribution < 1.29 is 66.7 Å². The van der Waals surface area contributed by atoms with E-state index in [-0.39, 0.29) is 115 Å². The molecule has 1 N–H and O–H groups in total. The summed E-state index contributed by atoms with van der Waals surface area (Å²) in [6.07, 6.45) is 27.4. The Morgan fingerprint density at radius 1 is 0.494 bits per heavy atom. The second-order valence-corrected chi connectivity index (χ2v) is 20.9. The Morgan fingerprint density at radius 3 is 1.30 bits per heavy atom. The fourth-order valence-corrected chi connectivity index (χ4v) is 8.97. The molecular formula is C60H101N3O14. The van der Waals surface area contributed by atoms with Crippen LogP contribution in [-0.4, -0.2) is 117 Å². The molecule has 17 nitrogen and oxygen atoms in total. The van der Waals surface area contributed by atoms with Gasteiger partial charge in [0.2, 0.25) is 0 Å². The number of aromatic nitrogens is 1. The predicted octanol–water partition coefficient (Wildman–Crippen LogP) is 12.7. The number of nitrogens with zero attached hydrogens (tertiary/aromatic N) is 2. The third kappa shape index (κ3) is 36.7. The van der Waals surface area contributed by atoms with Crippen LogP contribution in [0.2, 0.25) is 0 Å². The minimum absolute atomic E-state index is 0.0427. The maximum absolute atomic E-state index is 13.7. The van der Waals surface area contributed by atoms with E-state index >= 15 is 0 Å². The third-order valence-electron chi connectivity index (χ3n) is 13.7. The van der Waals surface area contributed by atoms with Crippen LogP contribution in [0, 0.1) is 11.8 Å². The molecule has 0 unspecified atom stereocenters. The van der Waals surface area contributed by atoms with Crippen LogP contribution in [0.4, 0.5) is 10.5 Å². The number of hydrogen-bond donors (Lipinski definition) is 1. The number of esters is 6. The summed E-state index contributed by atoms with van der Waals surface area (Å²) in [5.74, 6) is -4.14. The van der Waals surface area contributed by atoms with Crippen molar-refractivity contribution in [3.8, 4) is 0 Å². The Morgan fingerprint density at radius 2 is 0.883 bits per heavy atom. The number of nitrogens with one attached hydrogen (secondary N) is 1. The van der Waals surface area contributed by atoms with Crippen molar-refractivity contribution in [2.24, 2.45) is 11.8 Å². The van der Waals surface area contributed by atoms with Crippen molar-refractivity contribution in [2.75, 3.05) is 58.0 Å². The first-order valence-electron chi connectivity index (χ1n) is 30.0. The van der Waals surface area contributed by atoms with Gasteiger partial charge in [-0.15, -0.1) is 0 Å². The van der Waals surface area contributed by atoms with Crippen LogP contribution in [0.15, 0.2) is 24.5 Å². The number of carbonyl (C=O) groups is 7. The van der Waals surface area contributed by atoms with Crippen LogP contribution < -0.4 is 5.32 Å². The minimum atomic E-state index is -0.803. The highest BCUT2D eigenvalue weighted by Gasteiger charge is 2.39. The first kappa shape index (κ1) is 68.1. The molecule has 1 amide bonds. The Balaban J connectivity index is 2.13. The number of rotatable bonds is 48. The largest absolute Gasteiger partial charge is 0.465 e. The maximum Gasteiger partial charge on any atom is 0.410 e. The standard InChI is InChI=1S/C60H101N3O14/c1-5-9-13-17-21-25-30-54(64)72-44-49(45-73-55(65)31-26-22-18-14-10-6-2)40-58(68)76-48-52-42-53(43-63(52)60(70)71-39-29-36-62-51-34-37-61-38-35-51)77-59(69)41-50(46-74-56(66)32-27-23-19-15-11-7-3)47-75-57(67)33-28-24-20-16-12-8-4/h34-35,37-38,49-50,52-53H,5-33,36,39-48H2,1-4H3,(H,61,62)/t52-,53-/m0/s1. The monoisotopic (exact) mass is 1090 g/mol. The minimum Gasteiger partial charge on any atom is -0.465 e. The summed E-state index contributed by atoms with van der Waals surface area (Å²) in [4.78, 5) is 97.3. The van der Waals surface area contributed by atoms with Crippen molar-refractivity contribution in [2.45, 2.75) is 245 Å². The summed E-state index contributed by atoms with van der Waals surface area (Å²) < 4.78 is 39.8. The number of hydrogen-bond acceptors (Lipinski definition) is 16. The van der Waals surface area contributed by atoms with E-state index in [4.69, 9.17) is 33.2 Å². The molecule has 0 radical (unpaired) electrons. The normalized spacial score (nSPS) is 14.1. The van der Waals surface area contributed by atoms with E-state index in [0.717, 1.165) is 134 Å². The van der Waals surface area contributed by atoms with Crippen molar-refractivity contribution in [1.29, 1.82) is 0 Å². The van der Waals surface area contributed by atoms with Crippen LogP contribution in [0.5, 0.6) is 0 Å². The number of ether oxygens (including phenoxy) is 7. The first-order chi connectivity index (χ1) is 37.5. The Hall–Kier alpha value is -4.96. The highest BCUT2D eigenvalue weighted by Crippen LogP contribution is 2.24.